The molecule has 0 radical (unpaired) electrons. The average molecular weight is 434 g/mol. The van der Waals surface area contributed by atoms with Crippen molar-refractivity contribution in [1.82, 2.24) is 9.21 Å². The summed E-state index contributed by atoms with van der Waals surface area (Å²) in [6, 6.07) is 12.5. The highest BCUT2D eigenvalue weighted by Gasteiger charge is 2.33. The van der Waals surface area contributed by atoms with E-state index in [1.807, 2.05) is 18.2 Å². The van der Waals surface area contributed by atoms with E-state index in [1.165, 1.54) is 15.5 Å². The molecule has 1 saturated heterocycles. The van der Waals surface area contributed by atoms with Crippen LogP contribution in [0.3, 0.4) is 0 Å². The van der Waals surface area contributed by atoms with Gasteiger partial charge in [0.2, 0.25) is 21.8 Å². The van der Waals surface area contributed by atoms with Crippen molar-refractivity contribution < 1.29 is 22.4 Å². The van der Waals surface area contributed by atoms with Gasteiger partial charge in [0, 0.05) is 24.7 Å². The fraction of sp³-hybridized carbons (Fsp3) is 0.429. The molecule has 1 N–H and O–H groups in total. The third-order valence-electron chi connectivity index (χ3n) is 5.19. The Kier molecular flexibility index (Phi) is 7.28. The highest BCUT2D eigenvalue weighted by molar-refractivity contribution is 7.89. The maximum atomic E-state index is 13.2. The number of sulfonamides is 1. The number of hydrogen-bond donors (Lipinski definition) is 1. The molecule has 30 heavy (non-hydrogen) atoms. The Morgan fingerprint density at radius 2 is 1.83 bits per heavy atom. The number of benzene rings is 1. The summed E-state index contributed by atoms with van der Waals surface area (Å²) in [7, 11) is -3.26. The summed E-state index contributed by atoms with van der Waals surface area (Å²) in [5.74, 6) is -0.152. The quantitative estimate of drug-likeness (QED) is 0.689. The minimum absolute atomic E-state index is 0.0515. The molecule has 1 aliphatic heterocycles. The van der Waals surface area contributed by atoms with E-state index in [-0.39, 0.29) is 36.6 Å². The Morgan fingerprint density at radius 3 is 2.43 bits per heavy atom. The van der Waals surface area contributed by atoms with Gasteiger partial charge in [0.1, 0.15) is 12.3 Å². The first-order valence-electron chi connectivity index (χ1n) is 10.0. The number of anilines is 1. The zero-order valence-electron chi connectivity index (χ0n) is 17.0. The van der Waals surface area contributed by atoms with Gasteiger partial charge < -0.3 is 14.6 Å². The summed E-state index contributed by atoms with van der Waals surface area (Å²) in [4.78, 5) is 27.2. The monoisotopic (exact) mass is 433 g/mol. The van der Waals surface area contributed by atoms with Crippen LogP contribution in [0.4, 0.5) is 5.69 Å². The number of para-hydroxylation sites is 1. The molecule has 2 heterocycles. The average Bonchev–Trinajstić information content (AvgIpc) is 3.26. The first kappa shape index (κ1) is 22.0. The van der Waals surface area contributed by atoms with Crippen molar-refractivity contribution in [2.75, 3.05) is 30.7 Å². The SMILES string of the molecule is CCS(=O)(=O)N1CCC(C(=O)N(CC(=O)Nc2ccccc2)Cc2ccco2)CC1. The summed E-state index contributed by atoms with van der Waals surface area (Å²) >= 11 is 0. The van der Waals surface area contributed by atoms with E-state index in [1.54, 1.807) is 31.2 Å². The maximum absolute atomic E-state index is 13.2. The van der Waals surface area contributed by atoms with Crippen LogP contribution in [0.2, 0.25) is 0 Å². The van der Waals surface area contributed by atoms with Crippen molar-refractivity contribution >= 4 is 27.5 Å². The second-order valence-corrected chi connectivity index (χ2v) is 9.52. The number of furan rings is 1. The Hall–Kier alpha value is -2.65. The summed E-state index contributed by atoms with van der Waals surface area (Å²) in [5, 5.41) is 2.79. The number of nitrogens with zero attached hydrogens (tertiary/aromatic N) is 2. The van der Waals surface area contributed by atoms with Crippen LogP contribution in [0.5, 0.6) is 0 Å². The molecule has 0 atom stereocenters. The standard InChI is InChI=1S/C21H27N3O5S/c1-2-30(27,28)24-12-10-17(11-13-24)21(26)23(15-19-9-6-14-29-19)16-20(25)22-18-7-4-3-5-8-18/h3-9,14,17H,2,10-13,15-16H2,1H3,(H,22,25). The van der Waals surface area contributed by atoms with Crippen LogP contribution < -0.4 is 5.32 Å². The molecule has 1 fully saturated rings. The normalized spacial score (nSPS) is 15.6. The highest BCUT2D eigenvalue weighted by atomic mass is 32.2. The van der Waals surface area contributed by atoms with Crippen LogP contribution in [0.1, 0.15) is 25.5 Å². The lowest BCUT2D eigenvalue weighted by molar-refractivity contribution is -0.140. The van der Waals surface area contributed by atoms with Gasteiger partial charge in [-0.15, -0.1) is 0 Å². The molecule has 8 nitrogen and oxygen atoms in total. The lowest BCUT2D eigenvalue weighted by Gasteiger charge is -2.33. The van der Waals surface area contributed by atoms with Crippen molar-refractivity contribution in [3.63, 3.8) is 0 Å². The van der Waals surface area contributed by atoms with Crippen molar-refractivity contribution in [3.8, 4) is 0 Å². The first-order chi connectivity index (χ1) is 14.4. The van der Waals surface area contributed by atoms with Crippen LogP contribution in [0, 0.1) is 5.92 Å². The molecule has 1 aliphatic rings. The molecule has 0 saturated carbocycles. The van der Waals surface area contributed by atoms with Crippen LogP contribution >= 0.6 is 0 Å². The molecule has 0 unspecified atom stereocenters. The van der Waals surface area contributed by atoms with Gasteiger partial charge in [0.15, 0.2) is 0 Å². The van der Waals surface area contributed by atoms with Gasteiger partial charge in [-0.1, -0.05) is 18.2 Å². The minimum atomic E-state index is -3.26. The van der Waals surface area contributed by atoms with Gasteiger partial charge in [-0.3, -0.25) is 9.59 Å². The number of piperidine rings is 1. The molecule has 1 aromatic carbocycles. The topological polar surface area (TPSA) is 99.9 Å². The van der Waals surface area contributed by atoms with E-state index in [4.69, 9.17) is 4.42 Å². The van der Waals surface area contributed by atoms with E-state index in [2.05, 4.69) is 5.32 Å². The Bertz CT molecular complexity index is 936. The molecular formula is C21H27N3O5S. The van der Waals surface area contributed by atoms with Gasteiger partial charge in [-0.05, 0) is 44.0 Å². The van der Waals surface area contributed by atoms with Crippen LogP contribution in [-0.4, -0.2) is 54.8 Å². The predicted molar refractivity (Wildman–Crippen MR) is 113 cm³/mol. The molecule has 2 aromatic rings. The van der Waals surface area contributed by atoms with Gasteiger partial charge in [-0.25, -0.2) is 12.7 Å². The zero-order chi connectivity index (χ0) is 21.6. The summed E-state index contributed by atoms with van der Waals surface area (Å²) in [6.45, 7) is 2.32. The summed E-state index contributed by atoms with van der Waals surface area (Å²) < 4.78 is 30.9. The summed E-state index contributed by atoms with van der Waals surface area (Å²) in [6.07, 6.45) is 2.40. The van der Waals surface area contributed by atoms with Crippen LogP contribution in [-0.2, 0) is 26.2 Å². The molecule has 0 aliphatic carbocycles. The number of rotatable bonds is 8. The second kappa shape index (κ2) is 9.90. The lowest BCUT2D eigenvalue weighted by Crippen LogP contribution is -2.46. The van der Waals surface area contributed by atoms with E-state index < -0.39 is 10.0 Å². The minimum Gasteiger partial charge on any atom is -0.467 e. The van der Waals surface area contributed by atoms with E-state index >= 15 is 0 Å². The second-order valence-electron chi connectivity index (χ2n) is 7.26. The van der Waals surface area contributed by atoms with Crippen molar-refractivity contribution in [3.05, 3.63) is 54.5 Å². The number of carbonyl (C=O) groups is 2. The molecular weight excluding hydrogens is 406 g/mol. The third kappa shape index (κ3) is 5.70. The molecule has 9 heteroatoms. The van der Waals surface area contributed by atoms with Crippen molar-refractivity contribution in [2.24, 2.45) is 5.92 Å². The van der Waals surface area contributed by atoms with E-state index in [0.717, 1.165) is 0 Å². The van der Waals surface area contributed by atoms with Gasteiger partial charge >= 0.3 is 0 Å². The Morgan fingerprint density at radius 1 is 1.13 bits per heavy atom. The zero-order valence-corrected chi connectivity index (χ0v) is 17.8. The van der Waals surface area contributed by atoms with Crippen molar-refractivity contribution in [1.29, 1.82) is 0 Å². The van der Waals surface area contributed by atoms with Gasteiger partial charge in [-0.2, -0.15) is 0 Å². The molecule has 162 valence electrons. The predicted octanol–water partition coefficient (Wildman–Crippen LogP) is 2.31. The highest BCUT2D eigenvalue weighted by Crippen LogP contribution is 2.23. The molecule has 3 rings (SSSR count). The number of carbonyl (C=O) groups excluding carboxylic acids is 2. The van der Waals surface area contributed by atoms with Crippen LogP contribution in [0.25, 0.3) is 0 Å². The largest absolute Gasteiger partial charge is 0.467 e. The van der Waals surface area contributed by atoms with Crippen molar-refractivity contribution in [2.45, 2.75) is 26.3 Å². The van der Waals surface area contributed by atoms with E-state index in [0.29, 0.717) is 37.4 Å². The van der Waals surface area contributed by atoms with Crippen LogP contribution in [0.15, 0.2) is 53.1 Å². The lowest BCUT2D eigenvalue weighted by atomic mass is 9.96. The first-order valence-corrected chi connectivity index (χ1v) is 11.6. The molecule has 2 amide bonds. The Labute approximate surface area is 176 Å². The smallest absolute Gasteiger partial charge is 0.244 e. The van der Waals surface area contributed by atoms with E-state index in [9.17, 15) is 18.0 Å². The number of nitrogens with one attached hydrogen (secondary N) is 1. The third-order valence-corrected chi connectivity index (χ3v) is 7.07. The summed E-state index contributed by atoms with van der Waals surface area (Å²) in [5.41, 5.74) is 0.658. The fourth-order valence-electron chi connectivity index (χ4n) is 3.52. The number of hydrogen-bond acceptors (Lipinski definition) is 5. The Balaban J connectivity index is 1.66. The van der Waals surface area contributed by atoms with Gasteiger partial charge in [0.25, 0.3) is 0 Å². The fourth-order valence-corrected chi connectivity index (χ4v) is 4.65. The molecule has 1 aromatic heterocycles. The number of amides is 2. The molecule has 0 bridgehead atoms. The van der Waals surface area contributed by atoms with Gasteiger partial charge in [0.05, 0.1) is 18.6 Å². The molecule has 0 spiro atoms. The maximum Gasteiger partial charge on any atom is 0.244 e.